The van der Waals surface area contributed by atoms with E-state index in [0.717, 1.165) is 10.4 Å². The summed E-state index contributed by atoms with van der Waals surface area (Å²) in [5.74, 6) is -1.39. The molecule has 0 bridgehead atoms. The van der Waals surface area contributed by atoms with Crippen molar-refractivity contribution in [2.24, 2.45) is 0 Å². The average Bonchev–Trinajstić information content (AvgIpc) is 3.37. The summed E-state index contributed by atoms with van der Waals surface area (Å²) < 4.78 is 6.75. The first-order valence-electron chi connectivity index (χ1n) is 8.97. The van der Waals surface area contributed by atoms with E-state index in [1.54, 1.807) is 17.8 Å². The average molecular weight is 412 g/mol. The molecule has 2 N–H and O–H groups in total. The summed E-state index contributed by atoms with van der Waals surface area (Å²) in [6, 6.07) is 12.8. The minimum atomic E-state index is -0.710. The predicted molar refractivity (Wildman–Crippen MR) is 109 cm³/mol. The van der Waals surface area contributed by atoms with Gasteiger partial charge >= 0.3 is 12.0 Å². The molecule has 0 saturated heterocycles. The minimum absolute atomic E-state index is 0.259. The number of urea groups is 1. The Labute approximate surface area is 171 Å². The molecule has 0 radical (unpaired) electrons. The number of amides is 3. The minimum Gasteiger partial charge on any atom is -0.452 e. The molecular weight excluding hydrogens is 392 g/mol. The molecule has 2 aromatic heterocycles. The Morgan fingerprint density at radius 2 is 1.93 bits per heavy atom. The fourth-order valence-corrected chi connectivity index (χ4v) is 3.32. The van der Waals surface area contributed by atoms with Gasteiger partial charge in [-0.3, -0.25) is 14.8 Å². The number of carbonyl (C=O) groups is 3. The number of thiophene rings is 1. The predicted octanol–water partition coefficient (Wildman–Crippen LogP) is 2.66. The fraction of sp³-hybridized carbons (Fsp3) is 0.200. The molecule has 3 rings (SSSR count). The van der Waals surface area contributed by atoms with Crippen LogP contribution in [0.25, 0.3) is 10.6 Å². The molecule has 8 nitrogen and oxygen atoms in total. The van der Waals surface area contributed by atoms with Gasteiger partial charge in [-0.1, -0.05) is 36.4 Å². The molecular formula is C20H20N4O4S. The van der Waals surface area contributed by atoms with Crippen molar-refractivity contribution in [2.75, 3.05) is 13.2 Å². The molecule has 0 aliphatic carbocycles. The molecule has 0 aliphatic rings. The van der Waals surface area contributed by atoms with Crippen molar-refractivity contribution in [3.05, 3.63) is 65.2 Å². The lowest BCUT2D eigenvalue weighted by Crippen LogP contribution is -2.41. The Morgan fingerprint density at radius 1 is 1.14 bits per heavy atom. The van der Waals surface area contributed by atoms with Gasteiger partial charge < -0.3 is 10.1 Å². The zero-order chi connectivity index (χ0) is 20.6. The molecule has 0 atom stereocenters. The highest BCUT2D eigenvalue weighted by Gasteiger charge is 2.21. The van der Waals surface area contributed by atoms with E-state index >= 15 is 0 Å². The highest BCUT2D eigenvalue weighted by molar-refractivity contribution is 7.13. The third kappa shape index (κ3) is 5.52. The Morgan fingerprint density at radius 3 is 2.62 bits per heavy atom. The molecule has 2 heterocycles. The molecule has 0 spiro atoms. The summed E-state index contributed by atoms with van der Waals surface area (Å²) in [6.45, 7) is 2.03. The third-order valence-electron chi connectivity index (χ3n) is 3.85. The van der Waals surface area contributed by atoms with Crippen LogP contribution in [0.4, 0.5) is 4.79 Å². The Balaban J connectivity index is 1.73. The lowest BCUT2D eigenvalue weighted by atomic mass is 10.2. The van der Waals surface area contributed by atoms with Gasteiger partial charge in [0.1, 0.15) is 11.3 Å². The number of rotatable bonds is 7. The zero-order valence-corrected chi connectivity index (χ0v) is 16.6. The maximum atomic E-state index is 12.6. The first-order chi connectivity index (χ1) is 14.1. The van der Waals surface area contributed by atoms with Gasteiger partial charge in [0, 0.05) is 12.7 Å². The summed E-state index contributed by atoms with van der Waals surface area (Å²) >= 11 is 1.45. The molecule has 29 heavy (non-hydrogen) atoms. The number of benzene rings is 1. The summed E-state index contributed by atoms with van der Waals surface area (Å²) in [6.07, 6.45) is 1.60. The van der Waals surface area contributed by atoms with Gasteiger partial charge in [0.15, 0.2) is 6.61 Å². The first-order valence-corrected chi connectivity index (χ1v) is 9.85. The van der Waals surface area contributed by atoms with Crippen molar-refractivity contribution >= 4 is 29.2 Å². The number of nitrogens with zero attached hydrogens (tertiary/aromatic N) is 2. The highest BCUT2D eigenvalue weighted by Crippen LogP contribution is 2.27. The van der Waals surface area contributed by atoms with E-state index in [1.807, 2.05) is 47.8 Å². The van der Waals surface area contributed by atoms with Crippen LogP contribution in [0.15, 0.2) is 54.0 Å². The topological polar surface area (TPSA) is 102 Å². The van der Waals surface area contributed by atoms with Gasteiger partial charge in [-0.05, 0) is 23.9 Å². The van der Waals surface area contributed by atoms with Gasteiger partial charge in [0.05, 0.1) is 11.4 Å². The van der Waals surface area contributed by atoms with Crippen LogP contribution in [0.1, 0.15) is 22.8 Å². The van der Waals surface area contributed by atoms with E-state index in [4.69, 9.17) is 4.74 Å². The molecule has 0 aliphatic heterocycles. The van der Waals surface area contributed by atoms with Crippen molar-refractivity contribution in [1.82, 2.24) is 20.4 Å². The van der Waals surface area contributed by atoms with E-state index in [0.29, 0.717) is 18.8 Å². The summed E-state index contributed by atoms with van der Waals surface area (Å²) in [5.41, 5.74) is 1.79. The smallest absolute Gasteiger partial charge is 0.342 e. The van der Waals surface area contributed by atoms with Crippen LogP contribution in [0, 0.1) is 0 Å². The standard InChI is InChI=1S/C20H20N4O4S/c1-2-21-20(27)22-17(25)13-28-19(26)15-12-24(11-14-7-4-3-5-8-14)23-18(15)16-9-6-10-29-16/h3-10,12H,2,11,13H2,1H3,(H2,21,22,25,27). The van der Waals surface area contributed by atoms with Crippen molar-refractivity contribution in [2.45, 2.75) is 13.5 Å². The Bertz CT molecular complexity index is 983. The maximum absolute atomic E-state index is 12.6. The molecule has 0 fully saturated rings. The molecule has 0 unspecified atom stereocenters. The van der Waals surface area contributed by atoms with Gasteiger partial charge in [0.2, 0.25) is 0 Å². The van der Waals surface area contributed by atoms with Gasteiger partial charge in [-0.25, -0.2) is 9.59 Å². The Hall–Kier alpha value is -3.46. The maximum Gasteiger partial charge on any atom is 0.342 e. The molecule has 1 aromatic carbocycles. The van der Waals surface area contributed by atoms with E-state index in [2.05, 4.69) is 15.7 Å². The van der Waals surface area contributed by atoms with Crippen LogP contribution in [0.5, 0.6) is 0 Å². The van der Waals surface area contributed by atoms with Crippen LogP contribution in [0.2, 0.25) is 0 Å². The molecule has 9 heteroatoms. The van der Waals surface area contributed by atoms with E-state index < -0.39 is 24.5 Å². The molecule has 3 amide bonds. The van der Waals surface area contributed by atoms with Crippen LogP contribution < -0.4 is 10.6 Å². The summed E-state index contributed by atoms with van der Waals surface area (Å²) in [7, 11) is 0. The quantitative estimate of drug-likeness (QED) is 0.581. The van der Waals surface area contributed by atoms with Gasteiger partial charge in [-0.15, -0.1) is 11.3 Å². The number of hydrogen-bond donors (Lipinski definition) is 2. The molecule has 0 saturated carbocycles. The third-order valence-corrected chi connectivity index (χ3v) is 4.72. The van der Waals surface area contributed by atoms with Crippen LogP contribution >= 0.6 is 11.3 Å². The van der Waals surface area contributed by atoms with E-state index in [9.17, 15) is 14.4 Å². The van der Waals surface area contributed by atoms with Crippen molar-refractivity contribution < 1.29 is 19.1 Å². The lowest BCUT2D eigenvalue weighted by Gasteiger charge is -2.06. The number of hydrogen-bond acceptors (Lipinski definition) is 6. The SMILES string of the molecule is CCNC(=O)NC(=O)COC(=O)c1cn(Cc2ccccc2)nc1-c1cccs1. The zero-order valence-electron chi connectivity index (χ0n) is 15.8. The van der Waals surface area contributed by atoms with Crippen molar-refractivity contribution in [1.29, 1.82) is 0 Å². The number of ether oxygens (including phenoxy) is 1. The molecule has 3 aromatic rings. The second kappa shape index (κ2) is 9.65. The van der Waals surface area contributed by atoms with Crippen LogP contribution in [-0.4, -0.2) is 40.8 Å². The van der Waals surface area contributed by atoms with Crippen LogP contribution in [-0.2, 0) is 16.1 Å². The van der Waals surface area contributed by atoms with Gasteiger partial charge in [-0.2, -0.15) is 5.10 Å². The van der Waals surface area contributed by atoms with Crippen LogP contribution in [0.3, 0.4) is 0 Å². The second-order valence-corrected chi connectivity index (χ2v) is 6.98. The number of esters is 1. The summed E-state index contributed by atoms with van der Waals surface area (Å²) in [4.78, 5) is 36.5. The largest absolute Gasteiger partial charge is 0.452 e. The van der Waals surface area contributed by atoms with Crippen molar-refractivity contribution in [3.63, 3.8) is 0 Å². The number of nitrogens with one attached hydrogen (secondary N) is 2. The second-order valence-electron chi connectivity index (χ2n) is 6.04. The summed E-state index contributed by atoms with van der Waals surface area (Å²) in [5, 5.41) is 10.9. The number of imide groups is 1. The lowest BCUT2D eigenvalue weighted by molar-refractivity contribution is -0.123. The normalized spacial score (nSPS) is 10.4. The van der Waals surface area contributed by atoms with Crippen molar-refractivity contribution in [3.8, 4) is 10.6 Å². The highest BCUT2D eigenvalue weighted by atomic mass is 32.1. The van der Waals surface area contributed by atoms with E-state index in [1.165, 1.54) is 11.3 Å². The molecule has 150 valence electrons. The van der Waals surface area contributed by atoms with Gasteiger partial charge in [0.25, 0.3) is 5.91 Å². The fourth-order valence-electron chi connectivity index (χ4n) is 2.59. The monoisotopic (exact) mass is 412 g/mol. The first kappa shape index (κ1) is 20.3. The number of aromatic nitrogens is 2. The number of carbonyl (C=O) groups excluding carboxylic acids is 3. The van der Waals surface area contributed by atoms with E-state index in [-0.39, 0.29) is 5.56 Å². The Kier molecular flexibility index (Phi) is 6.75.